The van der Waals surface area contributed by atoms with Crippen LogP contribution in [-0.4, -0.2) is 54.8 Å². The van der Waals surface area contributed by atoms with Gasteiger partial charge in [-0.2, -0.15) is 0 Å². The van der Waals surface area contributed by atoms with E-state index in [-0.39, 0.29) is 41.5 Å². The van der Waals surface area contributed by atoms with Gasteiger partial charge in [-0.3, -0.25) is 14.9 Å². The van der Waals surface area contributed by atoms with Crippen LogP contribution in [0.4, 0.5) is 10.5 Å². The van der Waals surface area contributed by atoms with Crippen LogP contribution in [0, 0.1) is 16.0 Å². The number of likely N-dealkylation sites (tertiary alicyclic amines) is 1. The smallest absolute Gasteiger partial charge is 0.410 e. The highest BCUT2D eigenvalue weighted by Crippen LogP contribution is 2.42. The maximum atomic E-state index is 12.9. The second-order valence-corrected chi connectivity index (χ2v) is 10.4. The Kier molecular flexibility index (Phi) is 7.30. The summed E-state index contributed by atoms with van der Waals surface area (Å²) in [6.07, 6.45) is -0.535. The summed E-state index contributed by atoms with van der Waals surface area (Å²) >= 11 is 0. The average Bonchev–Trinajstić information content (AvgIpc) is 3.11. The van der Waals surface area contributed by atoms with E-state index < -0.39 is 44.4 Å². The summed E-state index contributed by atoms with van der Waals surface area (Å²) in [6, 6.07) is 2.28. The summed E-state index contributed by atoms with van der Waals surface area (Å²) in [7, 11) is -3.81. The van der Waals surface area contributed by atoms with Crippen LogP contribution in [0.2, 0.25) is 0 Å². The molecule has 31 heavy (non-hydrogen) atoms. The maximum absolute atomic E-state index is 12.9. The van der Waals surface area contributed by atoms with Crippen LogP contribution in [0.25, 0.3) is 0 Å². The van der Waals surface area contributed by atoms with Crippen molar-refractivity contribution < 1.29 is 32.4 Å². The van der Waals surface area contributed by atoms with Gasteiger partial charge in [-0.05, 0) is 40.2 Å². The van der Waals surface area contributed by atoms with Gasteiger partial charge in [0.05, 0.1) is 34.1 Å². The molecule has 0 saturated carbocycles. The van der Waals surface area contributed by atoms with E-state index in [2.05, 4.69) is 0 Å². The zero-order valence-electron chi connectivity index (χ0n) is 18.3. The molecule has 1 aliphatic heterocycles. The number of non-ortho nitro benzene ring substituents is 1. The van der Waals surface area contributed by atoms with Crippen molar-refractivity contribution in [2.24, 2.45) is 5.92 Å². The third-order valence-electron chi connectivity index (χ3n) is 4.85. The van der Waals surface area contributed by atoms with Crippen LogP contribution < -0.4 is 0 Å². The molecule has 1 heterocycles. The Labute approximate surface area is 181 Å². The molecule has 1 aromatic carbocycles. The minimum Gasteiger partial charge on any atom is -0.466 e. The first kappa shape index (κ1) is 24.6. The number of hydrogen-bond acceptors (Lipinski definition) is 8. The lowest BCUT2D eigenvalue weighted by molar-refractivity contribution is -0.385. The Morgan fingerprint density at radius 2 is 1.90 bits per heavy atom. The van der Waals surface area contributed by atoms with Gasteiger partial charge in [-0.15, -0.1) is 0 Å². The molecule has 0 N–H and O–H groups in total. The summed E-state index contributed by atoms with van der Waals surface area (Å²) in [6.45, 7) is 8.33. The number of nitro groups is 1. The Morgan fingerprint density at radius 1 is 1.26 bits per heavy atom. The average molecular weight is 457 g/mol. The zero-order valence-corrected chi connectivity index (χ0v) is 19.1. The number of amides is 1. The summed E-state index contributed by atoms with van der Waals surface area (Å²) < 4.78 is 36.1. The third-order valence-corrected chi connectivity index (χ3v) is 6.66. The van der Waals surface area contributed by atoms with Crippen molar-refractivity contribution in [1.82, 2.24) is 4.90 Å². The molecule has 1 fully saturated rings. The van der Waals surface area contributed by atoms with E-state index in [4.69, 9.17) is 9.47 Å². The molecule has 2 atom stereocenters. The lowest BCUT2D eigenvalue weighted by atomic mass is 9.93. The van der Waals surface area contributed by atoms with Crippen molar-refractivity contribution in [2.45, 2.75) is 57.6 Å². The van der Waals surface area contributed by atoms with Crippen molar-refractivity contribution in [1.29, 1.82) is 0 Å². The molecule has 1 aliphatic rings. The fourth-order valence-corrected chi connectivity index (χ4v) is 4.64. The molecule has 0 bridgehead atoms. The van der Waals surface area contributed by atoms with Crippen LogP contribution in [0.15, 0.2) is 23.1 Å². The summed E-state index contributed by atoms with van der Waals surface area (Å²) in [5, 5.41) is 11.4. The molecule has 172 valence electrons. The molecule has 1 amide bonds. The van der Waals surface area contributed by atoms with E-state index >= 15 is 0 Å². The predicted molar refractivity (Wildman–Crippen MR) is 111 cm³/mol. The number of carbonyl (C=O) groups is 2. The molecule has 11 heteroatoms. The first-order chi connectivity index (χ1) is 14.3. The quantitative estimate of drug-likeness (QED) is 0.362. The summed E-state index contributed by atoms with van der Waals surface area (Å²) in [5.41, 5.74) is -1.16. The number of nitro benzene ring substituents is 1. The maximum Gasteiger partial charge on any atom is 0.410 e. The molecule has 1 aromatic rings. The first-order valence-electron chi connectivity index (χ1n) is 9.99. The Balaban J connectivity index is 2.70. The Hall–Kier alpha value is -2.69. The van der Waals surface area contributed by atoms with Crippen LogP contribution in [-0.2, 0) is 24.1 Å². The van der Waals surface area contributed by atoms with E-state index in [9.17, 15) is 28.1 Å². The van der Waals surface area contributed by atoms with Gasteiger partial charge in [0.1, 0.15) is 5.60 Å². The first-order valence-corrected chi connectivity index (χ1v) is 11.6. The van der Waals surface area contributed by atoms with E-state index in [1.807, 2.05) is 0 Å². The number of nitrogens with zero attached hydrogens (tertiary/aromatic N) is 2. The number of hydrogen-bond donors (Lipinski definition) is 0. The fourth-order valence-electron chi connectivity index (χ4n) is 3.52. The lowest BCUT2D eigenvalue weighted by Crippen LogP contribution is -2.38. The minimum atomic E-state index is -3.81. The van der Waals surface area contributed by atoms with Gasteiger partial charge >= 0.3 is 12.1 Å². The summed E-state index contributed by atoms with van der Waals surface area (Å²) in [4.78, 5) is 37.4. The monoisotopic (exact) mass is 456 g/mol. The van der Waals surface area contributed by atoms with Crippen molar-refractivity contribution >= 4 is 27.6 Å². The Bertz CT molecular complexity index is 968. The molecule has 0 aromatic heterocycles. The van der Waals surface area contributed by atoms with Gasteiger partial charge in [-0.25, -0.2) is 13.2 Å². The van der Waals surface area contributed by atoms with E-state index in [0.717, 1.165) is 18.2 Å². The molecule has 2 rings (SSSR count). The Morgan fingerprint density at radius 3 is 2.42 bits per heavy atom. The number of sulfone groups is 1. The number of carbonyl (C=O) groups excluding carboxylic acids is 2. The van der Waals surface area contributed by atoms with Crippen LogP contribution in [0.3, 0.4) is 0 Å². The lowest BCUT2D eigenvalue weighted by Gasteiger charge is -2.31. The van der Waals surface area contributed by atoms with Crippen molar-refractivity contribution in [3.63, 3.8) is 0 Å². The molecule has 0 spiro atoms. The number of rotatable bonds is 6. The largest absolute Gasteiger partial charge is 0.466 e. The highest BCUT2D eigenvalue weighted by molar-refractivity contribution is 7.91. The van der Waals surface area contributed by atoms with Crippen LogP contribution in [0.1, 0.15) is 52.6 Å². The second kappa shape index (κ2) is 9.21. The molecule has 0 radical (unpaired) electrons. The topological polar surface area (TPSA) is 133 Å². The van der Waals surface area contributed by atoms with Gasteiger partial charge in [0.15, 0.2) is 9.84 Å². The molecular formula is C20H28N2O8S. The van der Waals surface area contributed by atoms with Gasteiger partial charge in [-0.1, -0.05) is 6.92 Å². The predicted octanol–water partition coefficient (Wildman–Crippen LogP) is 3.25. The molecule has 1 saturated heterocycles. The molecule has 10 nitrogen and oxygen atoms in total. The van der Waals surface area contributed by atoms with Crippen molar-refractivity contribution in [2.75, 3.05) is 18.9 Å². The van der Waals surface area contributed by atoms with E-state index in [1.165, 1.54) is 11.8 Å². The van der Waals surface area contributed by atoms with Crippen LogP contribution in [0.5, 0.6) is 0 Å². The molecule has 1 unspecified atom stereocenters. The number of benzene rings is 1. The fraction of sp³-hybridized carbons (Fsp3) is 0.600. The van der Waals surface area contributed by atoms with Crippen molar-refractivity contribution in [3.05, 3.63) is 33.9 Å². The van der Waals surface area contributed by atoms with Gasteiger partial charge < -0.3 is 14.4 Å². The van der Waals surface area contributed by atoms with Crippen molar-refractivity contribution in [3.8, 4) is 0 Å². The normalized spacial score (nSPS) is 19.2. The summed E-state index contributed by atoms with van der Waals surface area (Å²) in [5.74, 6) is -1.74. The van der Waals surface area contributed by atoms with E-state index in [0.29, 0.717) is 0 Å². The third kappa shape index (κ3) is 5.52. The minimum absolute atomic E-state index is 0.0115. The standard InChI is InChI=1S/C20H28N2O8S/c1-6-29-18(23)14-10-11-21(19(24)30-20(3,4)5)17(14)15-12-13(22(25)26)8-9-16(15)31(27,28)7-2/h8-9,12,14,17H,6-7,10-11H2,1-5H3/t14-,17?/m0/s1. The zero-order chi connectivity index (χ0) is 23.6. The van der Waals surface area contributed by atoms with E-state index in [1.54, 1.807) is 27.7 Å². The van der Waals surface area contributed by atoms with Gasteiger partial charge in [0.2, 0.25) is 0 Å². The van der Waals surface area contributed by atoms with Crippen LogP contribution >= 0.6 is 0 Å². The SMILES string of the molecule is CCOC(=O)[C@H]1CCN(C(=O)OC(C)(C)C)C1c1cc([N+](=O)[O-])ccc1S(=O)(=O)CC. The highest BCUT2D eigenvalue weighted by Gasteiger charge is 2.46. The van der Waals surface area contributed by atoms with Gasteiger partial charge in [0.25, 0.3) is 5.69 Å². The van der Waals surface area contributed by atoms with Gasteiger partial charge in [0, 0.05) is 24.2 Å². The second-order valence-electron chi connectivity index (χ2n) is 8.15. The number of esters is 1. The molecular weight excluding hydrogens is 428 g/mol. The highest BCUT2D eigenvalue weighted by atomic mass is 32.2. The molecule has 0 aliphatic carbocycles. The number of ether oxygens (including phenoxy) is 2.